The molecule has 0 aliphatic carbocycles. The van der Waals surface area contributed by atoms with E-state index in [1.54, 1.807) is 0 Å². The fraction of sp³-hybridized carbons (Fsp3) is 0. The van der Waals surface area contributed by atoms with Gasteiger partial charge < -0.3 is 91.7 Å². The average Bonchev–Trinajstić information content (AvgIpc) is 1.12. The topological polar surface area (TPSA) is 0 Å². The molecule has 0 rings (SSSR count). The third-order valence-electron chi connectivity index (χ3n) is 0. The van der Waals surface area contributed by atoms with E-state index in [9.17, 15) is 0 Å². The minimum atomic E-state index is -2.11. The Labute approximate surface area is 121 Å². The van der Waals surface area contributed by atoms with Gasteiger partial charge in [-0.1, -0.05) is 0 Å². The van der Waals surface area contributed by atoms with Crippen molar-refractivity contribution in [2.24, 2.45) is 0 Å². The largest absolute Gasteiger partial charge is 2.00 e. The van der Waals surface area contributed by atoms with Crippen LogP contribution in [0.5, 0.6) is 0 Å². The first-order valence-electron chi connectivity index (χ1n) is 1.75. The van der Waals surface area contributed by atoms with Gasteiger partial charge in [-0.3, -0.25) is 0 Å². The fourth-order valence-electron chi connectivity index (χ4n) is 0. The van der Waals surface area contributed by atoms with Crippen LogP contribution in [0.25, 0.3) is 0 Å². The van der Waals surface area contributed by atoms with Crippen LogP contribution in [0.2, 0.25) is 0 Å². The van der Waals surface area contributed by atoms with Crippen LogP contribution >= 0.6 is 91.7 Å². The van der Waals surface area contributed by atoms with Crippen LogP contribution in [0.4, 0.5) is 0 Å². The van der Waals surface area contributed by atoms with Gasteiger partial charge in [-0.2, -0.15) is 0 Å². The molecule has 0 saturated heterocycles. The minimum absolute atomic E-state index is 0. The predicted octanol–water partition coefficient (Wildman–Crippen LogP) is 4.37. The molecule has 0 amide bonds. The van der Waals surface area contributed by atoms with Gasteiger partial charge in [0.25, 0.3) is 0 Å². The van der Waals surface area contributed by atoms with Crippen molar-refractivity contribution in [3.8, 4) is 0 Å². The van der Waals surface area contributed by atoms with Crippen LogP contribution in [0, 0.1) is 0 Å². The SMILES string of the molecule is Cl[B-](Cl)(Cl)Cl.Cl[B-](Cl)(Cl)Cl.[Mg+2]. The molecule has 11 heteroatoms. The second-order valence-corrected chi connectivity index (χ2v) is 8.91. The zero-order valence-corrected chi connectivity index (χ0v) is 12.3. The molecular formula is B2Cl8Mg. The Morgan fingerprint density at radius 3 is 0.455 bits per heavy atom. The fourth-order valence-corrected chi connectivity index (χ4v) is 0. The van der Waals surface area contributed by atoms with Gasteiger partial charge in [0.05, 0.1) is 0 Å². The van der Waals surface area contributed by atoms with E-state index in [0.717, 1.165) is 0 Å². The Morgan fingerprint density at radius 2 is 0.455 bits per heavy atom. The normalized spacial score (nSPS) is 10.9. The number of hydrogen-bond acceptors (Lipinski definition) is 0. The summed E-state index contributed by atoms with van der Waals surface area (Å²) in [6.45, 7) is 0. The van der Waals surface area contributed by atoms with Crippen molar-refractivity contribution in [1.29, 1.82) is 0 Å². The third kappa shape index (κ3) is 161. The predicted molar refractivity (Wildman–Crippen MR) is 64.1 cm³/mol. The molecule has 0 nitrogen and oxygen atoms in total. The molecule has 0 aliphatic heterocycles. The second kappa shape index (κ2) is 8.52. The molecule has 0 spiro atoms. The summed E-state index contributed by atoms with van der Waals surface area (Å²) in [4.78, 5) is 0. The minimum Gasteiger partial charge on any atom is -0.332 e. The molecule has 0 atom stereocenters. The van der Waals surface area contributed by atoms with Gasteiger partial charge in [-0.05, 0) is 0 Å². The Morgan fingerprint density at radius 1 is 0.455 bits per heavy atom. The van der Waals surface area contributed by atoms with Crippen molar-refractivity contribution in [1.82, 2.24) is 0 Å². The van der Waals surface area contributed by atoms with Crippen LogP contribution in [-0.4, -0.2) is 30.7 Å². The molecular weight excluding hydrogens is 330 g/mol. The summed E-state index contributed by atoms with van der Waals surface area (Å²) in [5.74, 6) is 0. The molecule has 0 aromatic rings. The van der Waals surface area contributed by atoms with E-state index in [2.05, 4.69) is 0 Å². The van der Waals surface area contributed by atoms with Crippen molar-refractivity contribution in [2.45, 2.75) is 0 Å². The maximum Gasteiger partial charge on any atom is 2.00 e. The standard InChI is InChI=1S/2BCl4.Mg/c2*2-1(3,4)5;/q2*-1;+2. The van der Waals surface area contributed by atoms with Crippen LogP contribution in [0.15, 0.2) is 0 Å². The van der Waals surface area contributed by atoms with Gasteiger partial charge in [-0.25, -0.2) is 0 Å². The molecule has 0 radical (unpaired) electrons. The van der Waals surface area contributed by atoms with Crippen molar-refractivity contribution in [3.63, 3.8) is 0 Å². The Hall–Kier alpha value is 3.22. The molecule has 0 bridgehead atoms. The first-order valence-corrected chi connectivity index (χ1v) is 5.24. The molecule has 0 fully saturated rings. The third-order valence-corrected chi connectivity index (χ3v) is 0. The van der Waals surface area contributed by atoms with Crippen LogP contribution in [0.3, 0.4) is 0 Å². The van der Waals surface area contributed by atoms with E-state index >= 15 is 0 Å². The number of rotatable bonds is 0. The van der Waals surface area contributed by atoms with Crippen LogP contribution in [0.1, 0.15) is 0 Å². The quantitative estimate of drug-likeness (QED) is 0.579. The van der Waals surface area contributed by atoms with Crippen molar-refractivity contribution in [3.05, 3.63) is 0 Å². The number of halogens is 8. The summed E-state index contributed by atoms with van der Waals surface area (Å²) in [6, 6.07) is 0. The smallest absolute Gasteiger partial charge is 0.332 e. The Bertz CT molecular complexity index is 55.1. The molecule has 11 heavy (non-hydrogen) atoms. The Kier molecular flexibility index (Phi) is 15.3. The summed E-state index contributed by atoms with van der Waals surface area (Å²) in [6.07, 6.45) is 0. The van der Waals surface area contributed by atoms with Gasteiger partial charge >= 0.3 is 30.7 Å². The van der Waals surface area contributed by atoms with E-state index in [4.69, 9.17) is 91.7 Å². The average molecular weight is 330 g/mol. The second-order valence-electron chi connectivity index (χ2n) is 0.990. The maximum atomic E-state index is 4.89. The van der Waals surface area contributed by atoms with Gasteiger partial charge in [-0.15, -0.1) is 0 Å². The van der Waals surface area contributed by atoms with E-state index in [1.807, 2.05) is 0 Å². The summed E-state index contributed by atoms with van der Waals surface area (Å²) in [7, 11) is 0. The summed E-state index contributed by atoms with van der Waals surface area (Å²) in [5, 5.41) is 0. The molecule has 0 heterocycles. The van der Waals surface area contributed by atoms with E-state index in [-0.39, 0.29) is 23.1 Å². The van der Waals surface area contributed by atoms with Gasteiger partial charge in [0.15, 0.2) is 0 Å². The van der Waals surface area contributed by atoms with E-state index in [0.29, 0.717) is 0 Å². The maximum absolute atomic E-state index is 4.89. The molecule has 0 unspecified atom stereocenters. The monoisotopic (exact) mass is 326 g/mol. The molecule has 0 aliphatic rings. The summed E-state index contributed by atoms with van der Waals surface area (Å²) >= 11 is 39.1. The van der Waals surface area contributed by atoms with Crippen molar-refractivity contribution >= 4 is 122 Å². The molecule has 0 aromatic heterocycles. The van der Waals surface area contributed by atoms with Gasteiger partial charge in [0.2, 0.25) is 0 Å². The van der Waals surface area contributed by atoms with Crippen molar-refractivity contribution in [2.75, 3.05) is 0 Å². The van der Waals surface area contributed by atoms with Crippen LogP contribution < -0.4 is 0 Å². The molecule has 0 aromatic carbocycles. The zero-order valence-electron chi connectivity index (χ0n) is 4.89. The Balaban J connectivity index is -0.000000107. The van der Waals surface area contributed by atoms with Crippen molar-refractivity contribution < 1.29 is 0 Å². The zero-order chi connectivity index (χ0) is 9.00. The molecule has 64 valence electrons. The number of hydrogen-bond donors (Lipinski definition) is 0. The summed E-state index contributed by atoms with van der Waals surface area (Å²) in [5.41, 5.74) is 0. The molecule has 0 saturated carbocycles. The van der Waals surface area contributed by atoms with Crippen LogP contribution in [-0.2, 0) is 0 Å². The summed E-state index contributed by atoms with van der Waals surface area (Å²) < 4.78 is -4.22. The molecule has 0 N–H and O–H groups in total. The van der Waals surface area contributed by atoms with E-state index in [1.165, 1.54) is 0 Å². The first kappa shape index (κ1) is 19.7. The van der Waals surface area contributed by atoms with E-state index < -0.39 is 7.61 Å². The first-order chi connectivity index (χ1) is 4.00. The van der Waals surface area contributed by atoms with Gasteiger partial charge in [0, 0.05) is 0 Å². The van der Waals surface area contributed by atoms with Gasteiger partial charge in [0.1, 0.15) is 0 Å².